The van der Waals surface area contributed by atoms with Crippen LogP contribution < -0.4 is 4.74 Å². The molecule has 5 nitrogen and oxygen atoms in total. The monoisotopic (exact) mass is 369 g/mol. The minimum absolute atomic E-state index is 0.132. The lowest BCUT2D eigenvalue weighted by molar-refractivity contribution is -0.136. The topological polar surface area (TPSA) is 76.5 Å². The third-order valence-corrected chi connectivity index (χ3v) is 4.28. The van der Waals surface area contributed by atoms with E-state index in [1.165, 1.54) is 0 Å². The lowest BCUT2D eigenvalue weighted by Crippen LogP contribution is -2.06. The summed E-state index contributed by atoms with van der Waals surface area (Å²) in [5.41, 5.74) is 3.85. The highest BCUT2D eigenvalue weighted by molar-refractivity contribution is 5.71. The molecular weight excluding hydrogens is 342 g/mol. The molecule has 0 saturated heterocycles. The van der Waals surface area contributed by atoms with E-state index < -0.39 is 5.97 Å². The first kappa shape index (κ1) is 20.6. The highest BCUT2D eigenvalue weighted by atomic mass is 16.5. The number of carbonyl (C=O) groups excluding carboxylic acids is 1. The van der Waals surface area contributed by atoms with Crippen molar-refractivity contribution >= 4 is 12.3 Å². The summed E-state index contributed by atoms with van der Waals surface area (Å²) in [6, 6.07) is 7.64. The molecule has 2 aromatic rings. The van der Waals surface area contributed by atoms with E-state index in [9.17, 15) is 9.59 Å². The minimum atomic E-state index is -0.917. The van der Waals surface area contributed by atoms with Gasteiger partial charge in [0, 0.05) is 18.2 Å². The van der Waals surface area contributed by atoms with Gasteiger partial charge in [-0.05, 0) is 42.0 Å². The molecule has 0 saturated carbocycles. The van der Waals surface area contributed by atoms with Crippen molar-refractivity contribution in [2.75, 3.05) is 0 Å². The molecule has 0 spiro atoms. The van der Waals surface area contributed by atoms with E-state index in [4.69, 9.17) is 9.84 Å². The number of nitrogens with zero attached hydrogens (tertiary/aromatic N) is 1. The van der Waals surface area contributed by atoms with Gasteiger partial charge >= 0.3 is 5.97 Å². The molecule has 5 heteroatoms. The van der Waals surface area contributed by atoms with Crippen LogP contribution in [0.3, 0.4) is 0 Å². The molecule has 0 aliphatic carbocycles. The molecule has 144 valence electrons. The Morgan fingerprint density at radius 2 is 1.78 bits per heavy atom. The van der Waals surface area contributed by atoms with E-state index >= 15 is 0 Å². The summed E-state index contributed by atoms with van der Waals surface area (Å²) in [5.74, 6) is 0.203. The van der Waals surface area contributed by atoms with Crippen molar-refractivity contribution in [2.24, 2.45) is 0 Å². The Kier molecular flexibility index (Phi) is 7.99. The molecule has 0 aliphatic rings. The molecule has 0 unspecified atom stereocenters. The first-order chi connectivity index (χ1) is 13.1. The molecule has 1 N–H and O–H groups in total. The molecule has 1 aromatic carbocycles. The zero-order chi connectivity index (χ0) is 19.6. The molecule has 0 radical (unpaired) electrons. The predicted octanol–water partition coefficient (Wildman–Crippen LogP) is 4.54. The fraction of sp³-hybridized carbons (Fsp3) is 0.409. The number of aldehydes is 1. The quantitative estimate of drug-likeness (QED) is 0.589. The van der Waals surface area contributed by atoms with Crippen LogP contribution >= 0.6 is 0 Å². The van der Waals surface area contributed by atoms with Crippen molar-refractivity contribution in [1.82, 2.24) is 4.98 Å². The molecule has 0 amide bonds. The summed E-state index contributed by atoms with van der Waals surface area (Å²) < 4.78 is 6.19. The van der Waals surface area contributed by atoms with Gasteiger partial charge in [0.2, 0.25) is 5.88 Å². The lowest BCUT2D eigenvalue weighted by atomic mass is 9.96. The lowest BCUT2D eigenvalue weighted by Gasteiger charge is -2.18. The second kappa shape index (κ2) is 10.5. The van der Waals surface area contributed by atoms with Crippen molar-refractivity contribution < 1.29 is 19.4 Å². The predicted molar refractivity (Wildman–Crippen MR) is 104 cm³/mol. The Bertz CT molecular complexity index is 759. The SMILES string of the molecule is CCCc1cc(CCC=O)cc(CCC)c1Oc1ncccc1CC(=O)O. The van der Waals surface area contributed by atoms with Crippen LogP contribution in [0.4, 0.5) is 0 Å². The summed E-state index contributed by atoms with van der Waals surface area (Å²) >= 11 is 0. The van der Waals surface area contributed by atoms with E-state index in [-0.39, 0.29) is 6.42 Å². The third-order valence-electron chi connectivity index (χ3n) is 4.28. The van der Waals surface area contributed by atoms with Crippen LogP contribution in [0, 0.1) is 0 Å². The Hall–Kier alpha value is -2.69. The second-order valence-corrected chi connectivity index (χ2v) is 6.59. The van der Waals surface area contributed by atoms with Gasteiger partial charge in [-0.3, -0.25) is 4.79 Å². The zero-order valence-electron chi connectivity index (χ0n) is 16.0. The molecule has 2 rings (SSSR count). The van der Waals surface area contributed by atoms with Gasteiger partial charge in [-0.25, -0.2) is 4.98 Å². The third kappa shape index (κ3) is 5.91. The first-order valence-electron chi connectivity index (χ1n) is 9.50. The smallest absolute Gasteiger partial charge is 0.308 e. The maximum absolute atomic E-state index is 11.1. The van der Waals surface area contributed by atoms with E-state index in [1.54, 1.807) is 18.3 Å². The number of benzene rings is 1. The van der Waals surface area contributed by atoms with E-state index in [1.807, 2.05) is 0 Å². The Balaban J connectivity index is 2.47. The van der Waals surface area contributed by atoms with Crippen LogP contribution in [0.15, 0.2) is 30.5 Å². The van der Waals surface area contributed by atoms with Crippen molar-refractivity contribution in [3.8, 4) is 11.6 Å². The number of ether oxygens (including phenoxy) is 1. The molecule has 0 bridgehead atoms. The second-order valence-electron chi connectivity index (χ2n) is 6.59. The molecule has 0 fully saturated rings. The van der Waals surface area contributed by atoms with Crippen LogP contribution in [0.2, 0.25) is 0 Å². The molecule has 0 atom stereocenters. The molecular formula is C22H27NO4. The average molecular weight is 369 g/mol. The minimum Gasteiger partial charge on any atom is -0.481 e. The van der Waals surface area contributed by atoms with Gasteiger partial charge < -0.3 is 14.6 Å². The number of aliphatic carboxylic acids is 1. The average Bonchev–Trinajstić information content (AvgIpc) is 2.64. The summed E-state index contributed by atoms with van der Waals surface area (Å²) in [4.78, 5) is 26.2. The number of rotatable bonds is 11. The number of carboxylic acid groups (broad SMARTS) is 1. The fourth-order valence-corrected chi connectivity index (χ4v) is 3.15. The maximum atomic E-state index is 11.1. The molecule has 0 aliphatic heterocycles. The van der Waals surface area contributed by atoms with Crippen molar-refractivity contribution in [3.05, 3.63) is 52.7 Å². The summed E-state index contributed by atoms with van der Waals surface area (Å²) in [5, 5.41) is 9.14. The summed E-state index contributed by atoms with van der Waals surface area (Å²) in [6.07, 6.45) is 7.25. The van der Waals surface area contributed by atoms with E-state index in [0.717, 1.165) is 54.4 Å². The van der Waals surface area contributed by atoms with Gasteiger partial charge in [0.15, 0.2) is 0 Å². The normalized spacial score (nSPS) is 10.6. The Morgan fingerprint density at radius 1 is 1.11 bits per heavy atom. The number of hydrogen-bond acceptors (Lipinski definition) is 4. The number of aromatic nitrogens is 1. The van der Waals surface area contributed by atoms with E-state index in [2.05, 4.69) is 31.0 Å². The van der Waals surface area contributed by atoms with Crippen LogP contribution in [0.1, 0.15) is 55.4 Å². The highest BCUT2D eigenvalue weighted by Crippen LogP contribution is 2.33. The number of hydrogen-bond donors (Lipinski definition) is 1. The number of carboxylic acids is 1. The maximum Gasteiger partial charge on any atom is 0.308 e. The summed E-state index contributed by atoms with van der Waals surface area (Å²) in [6.45, 7) is 4.22. The fourth-order valence-electron chi connectivity index (χ4n) is 3.15. The van der Waals surface area contributed by atoms with Crippen LogP contribution in [-0.4, -0.2) is 22.3 Å². The Morgan fingerprint density at radius 3 is 2.33 bits per heavy atom. The number of carbonyl (C=O) groups is 2. The standard InChI is InChI=1S/C22H27NO4/c1-3-7-17-13-16(9-6-12-24)14-18(8-4-2)21(17)27-22-19(15-20(25)26)10-5-11-23-22/h5,10-14H,3-4,6-9,15H2,1-2H3,(H,25,26). The van der Waals surface area contributed by atoms with Crippen LogP contribution in [-0.2, 0) is 35.3 Å². The largest absolute Gasteiger partial charge is 0.481 e. The van der Waals surface area contributed by atoms with Gasteiger partial charge in [-0.1, -0.05) is 44.9 Å². The van der Waals surface area contributed by atoms with Crippen LogP contribution in [0.5, 0.6) is 11.6 Å². The van der Waals surface area contributed by atoms with E-state index in [0.29, 0.717) is 24.3 Å². The van der Waals surface area contributed by atoms with Crippen molar-refractivity contribution in [3.63, 3.8) is 0 Å². The first-order valence-corrected chi connectivity index (χ1v) is 9.50. The van der Waals surface area contributed by atoms with Gasteiger partial charge in [-0.2, -0.15) is 0 Å². The van der Waals surface area contributed by atoms with Crippen LogP contribution in [0.25, 0.3) is 0 Å². The molecule has 1 heterocycles. The van der Waals surface area contributed by atoms with Gasteiger partial charge in [0.25, 0.3) is 0 Å². The van der Waals surface area contributed by atoms with Gasteiger partial charge in [0.1, 0.15) is 12.0 Å². The molecule has 27 heavy (non-hydrogen) atoms. The van der Waals surface area contributed by atoms with Gasteiger partial charge in [0.05, 0.1) is 6.42 Å². The van der Waals surface area contributed by atoms with Gasteiger partial charge in [-0.15, -0.1) is 0 Å². The number of aryl methyl sites for hydroxylation is 3. The van der Waals surface area contributed by atoms with Crippen molar-refractivity contribution in [2.45, 2.75) is 58.8 Å². The highest BCUT2D eigenvalue weighted by Gasteiger charge is 2.16. The number of pyridine rings is 1. The summed E-state index contributed by atoms with van der Waals surface area (Å²) in [7, 11) is 0. The molecule has 1 aromatic heterocycles. The van der Waals surface area contributed by atoms with Crippen molar-refractivity contribution in [1.29, 1.82) is 0 Å². The zero-order valence-corrected chi connectivity index (χ0v) is 16.0. The Labute approximate surface area is 160 Å².